The highest BCUT2D eigenvalue weighted by Crippen LogP contribution is 2.30. The van der Waals surface area contributed by atoms with Crippen molar-refractivity contribution in [2.24, 2.45) is 5.73 Å². The molecule has 20 heavy (non-hydrogen) atoms. The molecule has 2 aromatic rings. The van der Waals surface area contributed by atoms with Gasteiger partial charge in [-0.25, -0.2) is 0 Å². The van der Waals surface area contributed by atoms with Gasteiger partial charge in [-0.2, -0.15) is 11.8 Å². The van der Waals surface area contributed by atoms with Crippen molar-refractivity contribution in [2.75, 3.05) is 25.4 Å². The highest BCUT2D eigenvalue weighted by Gasteiger charge is 2.25. The first kappa shape index (κ1) is 13.9. The molecule has 0 saturated carbocycles. The van der Waals surface area contributed by atoms with Gasteiger partial charge in [0.15, 0.2) is 0 Å². The van der Waals surface area contributed by atoms with Gasteiger partial charge in [-0.15, -0.1) is 0 Å². The summed E-state index contributed by atoms with van der Waals surface area (Å²) in [5, 5.41) is 3.16. The second-order valence-electron chi connectivity index (χ2n) is 5.38. The summed E-state index contributed by atoms with van der Waals surface area (Å²) in [4.78, 5) is 6.93. The number of hydrogen-bond acceptors (Lipinski definition) is 4. The van der Waals surface area contributed by atoms with Crippen LogP contribution in [-0.2, 0) is 0 Å². The van der Waals surface area contributed by atoms with Crippen molar-refractivity contribution < 1.29 is 0 Å². The van der Waals surface area contributed by atoms with Crippen LogP contribution in [0, 0.1) is 0 Å². The lowest BCUT2D eigenvalue weighted by molar-refractivity contribution is 0.212. The van der Waals surface area contributed by atoms with Crippen LogP contribution < -0.4 is 5.73 Å². The maximum atomic E-state index is 6.10. The molecule has 3 nitrogen and oxygen atoms in total. The summed E-state index contributed by atoms with van der Waals surface area (Å²) in [6.45, 7) is 5.16. The molecule has 0 bridgehead atoms. The minimum atomic E-state index is 0.275. The van der Waals surface area contributed by atoms with E-state index in [4.69, 9.17) is 5.73 Å². The largest absolute Gasteiger partial charge is 0.329 e. The van der Waals surface area contributed by atoms with Crippen LogP contribution in [0.25, 0.3) is 10.8 Å². The Bertz CT molecular complexity index is 581. The highest BCUT2D eigenvalue weighted by molar-refractivity contribution is 7.99. The van der Waals surface area contributed by atoms with E-state index in [1.165, 1.54) is 22.1 Å². The van der Waals surface area contributed by atoms with Gasteiger partial charge in [-0.3, -0.25) is 9.88 Å². The van der Waals surface area contributed by atoms with E-state index in [1.807, 2.05) is 12.4 Å². The van der Waals surface area contributed by atoms with Gasteiger partial charge < -0.3 is 5.73 Å². The normalized spacial score (nSPS) is 22.0. The molecule has 2 unspecified atom stereocenters. The fourth-order valence-electron chi connectivity index (χ4n) is 3.01. The van der Waals surface area contributed by atoms with Crippen LogP contribution >= 0.6 is 11.8 Å². The highest BCUT2D eigenvalue weighted by atomic mass is 32.2. The molecule has 0 radical (unpaired) electrons. The van der Waals surface area contributed by atoms with Crippen LogP contribution in [0.1, 0.15) is 18.5 Å². The average molecular weight is 287 g/mol. The van der Waals surface area contributed by atoms with Crippen molar-refractivity contribution in [1.82, 2.24) is 9.88 Å². The standard InChI is InChI=1S/C16H21N3S/c1-12-11-19(6-7-20-12)16(8-17)15-10-18-9-13-4-2-3-5-14(13)15/h2-5,9-10,12,16H,6-8,11,17H2,1H3. The first-order valence-electron chi connectivity index (χ1n) is 7.18. The zero-order chi connectivity index (χ0) is 13.9. The maximum absolute atomic E-state index is 6.10. The molecule has 2 atom stereocenters. The van der Waals surface area contributed by atoms with Crippen molar-refractivity contribution >= 4 is 22.5 Å². The molecule has 1 fully saturated rings. The molecule has 0 aliphatic carbocycles. The van der Waals surface area contributed by atoms with Gasteiger partial charge in [0.25, 0.3) is 0 Å². The SMILES string of the molecule is CC1CN(C(CN)c2cncc3ccccc23)CCS1. The Labute approximate surface area is 124 Å². The third-order valence-electron chi connectivity index (χ3n) is 3.99. The molecule has 0 amide bonds. The Morgan fingerprint density at radius 1 is 1.40 bits per heavy atom. The first-order chi connectivity index (χ1) is 9.79. The second kappa shape index (κ2) is 6.12. The molecule has 2 N–H and O–H groups in total. The third-order valence-corrected chi connectivity index (χ3v) is 5.13. The number of rotatable bonds is 3. The number of pyridine rings is 1. The third kappa shape index (κ3) is 2.68. The molecule has 0 spiro atoms. The van der Waals surface area contributed by atoms with Crippen molar-refractivity contribution in [3.63, 3.8) is 0 Å². The average Bonchev–Trinajstić information content (AvgIpc) is 2.48. The molecule has 1 aliphatic heterocycles. The number of hydrogen-bond donors (Lipinski definition) is 1. The predicted molar refractivity (Wildman–Crippen MR) is 87.0 cm³/mol. The summed E-state index contributed by atoms with van der Waals surface area (Å²) in [6.07, 6.45) is 3.92. The lowest BCUT2D eigenvalue weighted by Crippen LogP contribution is -2.42. The van der Waals surface area contributed by atoms with Crippen LogP contribution in [-0.4, -0.2) is 40.5 Å². The smallest absolute Gasteiger partial charge is 0.0492 e. The molecular formula is C16H21N3S. The molecule has 106 valence electrons. The number of nitrogens with zero attached hydrogens (tertiary/aromatic N) is 2. The zero-order valence-electron chi connectivity index (χ0n) is 11.8. The van der Waals surface area contributed by atoms with Crippen molar-refractivity contribution in [3.05, 3.63) is 42.2 Å². The lowest BCUT2D eigenvalue weighted by Gasteiger charge is -2.37. The number of benzene rings is 1. The molecule has 1 aromatic carbocycles. The quantitative estimate of drug-likeness (QED) is 0.942. The van der Waals surface area contributed by atoms with Crippen LogP contribution in [0.2, 0.25) is 0 Å². The van der Waals surface area contributed by atoms with E-state index >= 15 is 0 Å². The Balaban J connectivity index is 1.98. The topological polar surface area (TPSA) is 42.1 Å². The Morgan fingerprint density at radius 3 is 3.05 bits per heavy atom. The van der Waals surface area contributed by atoms with Gasteiger partial charge in [-0.1, -0.05) is 31.2 Å². The number of nitrogens with two attached hydrogens (primary N) is 1. The van der Waals surface area contributed by atoms with Gasteiger partial charge in [0, 0.05) is 54.5 Å². The van der Waals surface area contributed by atoms with Gasteiger partial charge in [0.2, 0.25) is 0 Å². The second-order valence-corrected chi connectivity index (χ2v) is 6.92. The summed E-state index contributed by atoms with van der Waals surface area (Å²) in [6, 6.07) is 8.72. The first-order valence-corrected chi connectivity index (χ1v) is 8.23. The Morgan fingerprint density at radius 2 is 2.25 bits per heavy atom. The predicted octanol–water partition coefficient (Wildman–Crippen LogP) is 2.67. The van der Waals surface area contributed by atoms with Crippen LogP contribution in [0.5, 0.6) is 0 Å². The van der Waals surface area contributed by atoms with E-state index < -0.39 is 0 Å². The zero-order valence-corrected chi connectivity index (χ0v) is 12.6. The number of thioether (sulfide) groups is 1. The van der Waals surface area contributed by atoms with Gasteiger partial charge in [0.05, 0.1) is 0 Å². The van der Waals surface area contributed by atoms with Crippen molar-refractivity contribution in [2.45, 2.75) is 18.2 Å². The van der Waals surface area contributed by atoms with E-state index in [-0.39, 0.29) is 6.04 Å². The molecule has 1 aliphatic rings. The number of aromatic nitrogens is 1. The van der Waals surface area contributed by atoms with E-state index in [2.05, 4.69) is 52.8 Å². The summed E-state index contributed by atoms with van der Waals surface area (Å²) < 4.78 is 0. The monoisotopic (exact) mass is 287 g/mol. The molecule has 4 heteroatoms. The summed E-state index contributed by atoms with van der Waals surface area (Å²) >= 11 is 2.05. The van der Waals surface area contributed by atoms with E-state index in [9.17, 15) is 0 Å². The molecular weight excluding hydrogens is 266 g/mol. The van der Waals surface area contributed by atoms with Crippen molar-refractivity contribution in [3.8, 4) is 0 Å². The van der Waals surface area contributed by atoms with E-state index in [0.717, 1.165) is 13.1 Å². The fourth-order valence-corrected chi connectivity index (χ4v) is 4.05. The lowest BCUT2D eigenvalue weighted by atomic mass is 10.00. The summed E-state index contributed by atoms with van der Waals surface area (Å²) in [5.74, 6) is 1.19. The molecule has 2 heterocycles. The molecule has 1 saturated heterocycles. The summed E-state index contributed by atoms with van der Waals surface area (Å²) in [7, 11) is 0. The van der Waals surface area contributed by atoms with Gasteiger partial charge in [-0.05, 0) is 10.9 Å². The van der Waals surface area contributed by atoms with Crippen molar-refractivity contribution in [1.29, 1.82) is 0 Å². The van der Waals surface area contributed by atoms with Gasteiger partial charge in [0.1, 0.15) is 0 Å². The van der Waals surface area contributed by atoms with E-state index in [0.29, 0.717) is 11.8 Å². The Kier molecular flexibility index (Phi) is 4.24. The molecule has 1 aromatic heterocycles. The fraction of sp³-hybridized carbons (Fsp3) is 0.438. The molecule has 3 rings (SSSR count). The maximum Gasteiger partial charge on any atom is 0.0492 e. The minimum Gasteiger partial charge on any atom is -0.329 e. The minimum absolute atomic E-state index is 0.275. The van der Waals surface area contributed by atoms with Gasteiger partial charge >= 0.3 is 0 Å². The number of fused-ring (bicyclic) bond motifs is 1. The Hall–Kier alpha value is -1.10. The summed E-state index contributed by atoms with van der Waals surface area (Å²) in [5.41, 5.74) is 7.36. The van der Waals surface area contributed by atoms with Crippen LogP contribution in [0.3, 0.4) is 0 Å². The van der Waals surface area contributed by atoms with E-state index in [1.54, 1.807) is 0 Å². The van der Waals surface area contributed by atoms with Crippen LogP contribution in [0.15, 0.2) is 36.7 Å². The van der Waals surface area contributed by atoms with Crippen LogP contribution in [0.4, 0.5) is 0 Å².